The summed E-state index contributed by atoms with van der Waals surface area (Å²) in [6.45, 7) is 0.314. The van der Waals surface area contributed by atoms with Crippen LogP contribution in [0.1, 0.15) is 5.56 Å². The van der Waals surface area contributed by atoms with E-state index in [4.69, 9.17) is 11.5 Å². The lowest BCUT2D eigenvalue weighted by atomic mass is 10.1. The predicted molar refractivity (Wildman–Crippen MR) is 82.6 cm³/mol. The molecule has 0 spiro atoms. The van der Waals surface area contributed by atoms with Gasteiger partial charge in [-0.3, -0.25) is 9.89 Å². The number of anilines is 1. The van der Waals surface area contributed by atoms with Gasteiger partial charge in [-0.25, -0.2) is 4.79 Å². The van der Waals surface area contributed by atoms with E-state index in [0.29, 0.717) is 24.2 Å². The van der Waals surface area contributed by atoms with E-state index < -0.39 is 11.6 Å². The molecule has 1 heterocycles. The molecule has 0 atom stereocenters. The average Bonchev–Trinajstić information content (AvgIpc) is 2.77. The van der Waals surface area contributed by atoms with Crippen LogP contribution in [0.25, 0.3) is 11.3 Å². The normalized spacial score (nSPS) is 10.6. The number of H-pyrrole nitrogens is 1. The van der Waals surface area contributed by atoms with Crippen LogP contribution in [0, 0.1) is 0 Å². The van der Waals surface area contributed by atoms with Crippen molar-refractivity contribution in [2.24, 2.45) is 11.5 Å². The van der Waals surface area contributed by atoms with Crippen molar-refractivity contribution in [2.75, 3.05) is 25.5 Å². The zero-order valence-corrected chi connectivity index (χ0v) is 12.1. The summed E-state index contributed by atoms with van der Waals surface area (Å²) < 4.78 is 0.806. The zero-order chi connectivity index (χ0) is 15.6. The monoisotopic (exact) mass is 289 g/mol. The van der Waals surface area contributed by atoms with E-state index in [-0.39, 0.29) is 0 Å². The van der Waals surface area contributed by atoms with Gasteiger partial charge in [0, 0.05) is 30.9 Å². The van der Waals surface area contributed by atoms with Crippen molar-refractivity contribution in [3.8, 4) is 11.3 Å². The molecule has 2 rings (SSSR count). The third-order valence-electron chi connectivity index (χ3n) is 3.27. The topological polar surface area (TPSA) is 110 Å². The first-order chi connectivity index (χ1) is 9.95. The van der Waals surface area contributed by atoms with Gasteiger partial charge in [-0.2, -0.15) is 4.68 Å². The second-order valence-corrected chi connectivity index (χ2v) is 4.92. The number of hydrogen-bond acceptors (Lipinski definition) is 4. The van der Waals surface area contributed by atoms with Gasteiger partial charge in [0.2, 0.25) is 0 Å². The maximum atomic E-state index is 12.1. The molecule has 7 heteroatoms. The van der Waals surface area contributed by atoms with Crippen LogP contribution in [0.15, 0.2) is 29.1 Å². The Hall–Kier alpha value is -2.54. The SMILES string of the molecule is CN(C)c1ccc(-c2[nH]n(C(N)=O)c(=O)c2CCN)cc1. The van der Waals surface area contributed by atoms with Gasteiger partial charge in [0.1, 0.15) is 0 Å². The molecule has 0 bridgehead atoms. The number of aromatic nitrogens is 2. The number of hydrogen-bond donors (Lipinski definition) is 3. The third kappa shape index (κ3) is 2.82. The highest BCUT2D eigenvalue weighted by Crippen LogP contribution is 2.22. The fourth-order valence-electron chi connectivity index (χ4n) is 2.17. The molecule has 0 saturated heterocycles. The lowest BCUT2D eigenvalue weighted by Crippen LogP contribution is -2.31. The highest BCUT2D eigenvalue weighted by Gasteiger charge is 2.17. The van der Waals surface area contributed by atoms with E-state index in [1.807, 2.05) is 43.3 Å². The number of carbonyl (C=O) groups is 1. The molecule has 1 aromatic heterocycles. The fourth-order valence-corrected chi connectivity index (χ4v) is 2.17. The number of rotatable bonds is 4. The lowest BCUT2D eigenvalue weighted by molar-refractivity contribution is 0.247. The first-order valence-electron chi connectivity index (χ1n) is 6.57. The third-order valence-corrected chi connectivity index (χ3v) is 3.27. The summed E-state index contributed by atoms with van der Waals surface area (Å²) in [6.07, 6.45) is 0.375. The summed E-state index contributed by atoms with van der Waals surface area (Å²) in [5.41, 5.74) is 13.2. The number of carbonyl (C=O) groups excluding carboxylic acids is 1. The molecule has 1 aromatic carbocycles. The van der Waals surface area contributed by atoms with E-state index in [1.165, 1.54) is 0 Å². The molecule has 0 aliphatic carbocycles. The number of aromatic amines is 1. The van der Waals surface area contributed by atoms with Crippen LogP contribution in [0.5, 0.6) is 0 Å². The van der Waals surface area contributed by atoms with Crippen molar-refractivity contribution >= 4 is 11.7 Å². The summed E-state index contributed by atoms with van der Waals surface area (Å²) in [6, 6.07) is 6.79. The van der Waals surface area contributed by atoms with Crippen LogP contribution in [0.2, 0.25) is 0 Å². The van der Waals surface area contributed by atoms with Gasteiger partial charge in [-0.1, -0.05) is 12.1 Å². The Balaban J connectivity index is 2.54. The van der Waals surface area contributed by atoms with Gasteiger partial charge in [-0.15, -0.1) is 0 Å². The Bertz CT molecular complexity index is 697. The van der Waals surface area contributed by atoms with Crippen LogP contribution in [-0.2, 0) is 6.42 Å². The van der Waals surface area contributed by atoms with Gasteiger partial charge in [0.25, 0.3) is 5.56 Å². The van der Waals surface area contributed by atoms with E-state index in [2.05, 4.69) is 5.10 Å². The number of primary amides is 1. The molecule has 5 N–H and O–H groups in total. The molecule has 0 radical (unpaired) electrons. The van der Waals surface area contributed by atoms with E-state index in [0.717, 1.165) is 15.9 Å². The number of nitrogens with one attached hydrogen (secondary N) is 1. The molecule has 1 amide bonds. The molecule has 21 heavy (non-hydrogen) atoms. The van der Waals surface area contributed by atoms with Crippen LogP contribution in [0.3, 0.4) is 0 Å². The first kappa shape index (κ1) is 14.9. The summed E-state index contributed by atoms with van der Waals surface area (Å²) in [7, 11) is 3.89. The maximum Gasteiger partial charge on any atom is 0.341 e. The average molecular weight is 289 g/mol. The summed E-state index contributed by atoms with van der Waals surface area (Å²) in [5, 5.41) is 2.76. The zero-order valence-electron chi connectivity index (χ0n) is 12.1. The fraction of sp³-hybridized carbons (Fsp3) is 0.286. The molecule has 7 nitrogen and oxygen atoms in total. The van der Waals surface area contributed by atoms with Crippen molar-refractivity contribution < 1.29 is 4.79 Å². The Morgan fingerprint density at radius 2 is 1.90 bits per heavy atom. The largest absolute Gasteiger partial charge is 0.378 e. The van der Waals surface area contributed by atoms with Gasteiger partial charge < -0.3 is 16.4 Å². The molecule has 0 aliphatic heterocycles. The van der Waals surface area contributed by atoms with Crippen LogP contribution in [-0.4, -0.2) is 36.5 Å². The molecule has 0 saturated carbocycles. The van der Waals surface area contributed by atoms with E-state index >= 15 is 0 Å². The summed E-state index contributed by atoms with van der Waals surface area (Å²) in [5.74, 6) is 0. The van der Waals surface area contributed by atoms with Crippen molar-refractivity contribution in [3.63, 3.8) is 0 Å². The summed E-state index contributed by atoms with van der Waals surface area (Å²) in [4.78, 5) is 25.4. The minimum atomic E-state index is -0.838. The van der Waals surface area contributed by atoms with Gasteiger partial charge in [0.05, 0.1) is 5.69 Å². The van der Waals surface area contributed by atoms with Gasteiger partial charge >= 0.3 is 6.03 Å². The molecular weight excluding hydrogens is 270 g/mol. The van der Waals surface area contributed by atoms with Crippen molar-refractivity contribution in [2.45, 2.75) is 6.42 Å². The second kappa shape index (κ2) is 5.84. The molecule has 0 fully saturated rings. The van der Waals surface area contributed by atoms with Crippen LogP contribution >= 0.6 is 0 Å². The van der Waals surface area contributed by atoms with Crippen molar-refractivity contribution in [3.05, 3.63) is 40.2 Å². The van der Waals surface area contributed by atoms with Crippen LogP contribution in [0.4, 0.5) is 10.5 Å². The Labute approximate surface area is 122 Å². The minimum Gasteiger partial charge on any atom is -0.378 e. The minimum absolute atomic E-state index is 0.314. The lowest BCUT2D eigenvalue weighted by Gasteiger charge is -2.12. The highest BCUT2D eigenvalue weighted by molar-refractivity contribution is 5.76. The van der Waals surface area contributed by atoms with E-state index in [1.54, 1.807) is 0 Å². The summed E-state index contributed by atoms with van der Waals surface area (Å²) >= 11 is 0. The number of benzene rings is 1. The number of nitrogens with two attached hydrogens (primary N) is 2. The predicted octanol–water partition coefficient (Wildman–Crippen LogP) is 0.337. The second-order valence-electron chi connectivity index (χ2n) is 4.92. The van der Waals surface area contributed by atoms with Crippen molar-refractivity contribution in [1.82, 2.24) is 9.78 Å². The number of amides is 1. The smallest absolute Gasteiger partial charge is 0.341 e. The molecule has 112 valence electrons. The number of nitrogens with zero attached hydrogens (tertiary/aromatic N) is 2. The molecular formula is C14H19N5O2. The van der Waals surface area contributed by atoms with Gasteiger partial charge in [0.15, 0.2) is 0 Å². The Morgan fingerprint density at radius 3 is 2.38 bits per heavy atom. The van der Waals surface area contributed by atoms with E-state index in [9.17, 15) is 9.59 Å². The Kier molecular flexibility index (Phi) is 4.13. The molecule has 0 aliphatic rings. The molecule has 2 aromatic rings. The first-order valence-corrected chi connectivity index (χ1v) is 6.57. The highest BCUT2D eigenvalue weighted by atomic mass is 16.2. The van der Waals surface area contributed by atoms with Crippen LogP contribution < -0.4 is 21.9 Å². The van der Waals surface area contributed by atoms with Crippen molar-refractivity contribution in [1.29, 1.82) is 0 Å². The van der Waals surface area contributed by atoms with Gasteiger partial charge in [-0.05, 0) is 25.1 Å². The standard InChI is InChI=1S/C14H19N5O2/c1-18(2)10-5-3-9(4-6-10)12-11(7-8-15)13(20)19(17-12)14(16)21/h3-6,17H,7-8,15H2,1-2H3,(H2,16,21). The Morgan fingerprint density at radius 1 is 1.29 bits per heavy atom. The quantitative estimate of drug-likeness (QED) is 0.753. The molecule has 0 unspecified atom stereocenters. The maximum absolute atomic E-state index is 12.1.